The van der Waals surface area contributed by atoms with Crippen LogP contribution in [-0.4, -0.2) is 6.21 Å². The summed E-state index contributed by atoms with van der Waals surface area (Å²) in [4.78, 5) is 4.34. The van der Waals surface area contributed by atoms with Crippen molar-refractivity contribution in [1.82, 2.24) is 0 Å². The first kappa shape index (κ1) is 9.72. The van der Waals surface area contributed by atoms with E-state index in [1.807, 2.05) is 0 Å². The molecule has 0 saturated heterocycles. The summed E-state index contributed by atoms with van der Waals surface area (Å²) in [6.07, 6.45) is 3.43. The number of hydrogen-bond acceptors (Lipinski definition) is 1. The molecule has 0 spiro atoms. The van der Waals surface area contributed by atoms with Crippen molar-refractivity contribution >= 4 is 11.9 Å². The van der Waals surface area contributed by atoms with E-state index in [2.05, 4.69) is 44.5 Å². The maximum absolute atomic E-state index is 4.34. The van der Waals surface area contributed by atoms with Crippen molar-refractivity contribution in [2.75, 3.05) is 0 Å². The predicted octanol–water partition coefficient (Wildman–Crippen LogP) is 3.50. The lowest BCUT2D eigenvalue weighted by atomic mass is 10.0. The Morgan fingerprint density at radius 1 is 1.15 bits per heavy atom. The van der Waals surface area contributed by atoms with Gasteiger partial charge in [-0.2, -0.15) is 0 Å². The molecule has 0 aliphatic carbocycles. The third-order valence-corrected chi connectivity index (χ3v) is 2.21. The predicted molar refractivity (Wildman–Crippen MR) is 59.0 cm³/mol. The molecule has 13 heavy (non-hydrogen) atoms. The molecule has 1 aromatic carbocycles. The highest BCUT2D eigenvalue weighted by Gasteiger charge is 2.01. The second-order valence-corrected chi connectivity index (χ2v) is 3.19. The summed E-state index contributed by atoms with van der Waals surface area (Å²) in [5.74, 6) is 0. The monoisotopic (exact) mass is 173 g/mol. The van der Waals surface area contributed by atoms with E-state index < -0.39 is 0 Å². The third kappa shape index (κ3) is 2.05. The molecule has 0 aliphatic rings. The van der Waals surface area contributed by atoms with Crippen molar-refractivity contribution in [3.8, 4) is 0 Å². The van der Waals surface area contributed by atoms with Gasteiger partial charge in [0, 0.05) is 6.21 Å². The van der Waals surface area contributed by atoms with Crippen LogP contribution >= 0.6 is 0 Å². The molecular weight excluding hydrogens is 158 g/mol. The molecule has 0 aliphatic heterocycles. The Morgan fingerprint density at radius 2 is 1.77 bits per heavy atom. The Balaban J connectivity index is 3.25. The van der Waals surface area contributed by atoms with Crippen LogP contribution in [-0.2, 0) is 0 Å². The maximum atomic E-state index is 4.34. The zero-order chi connectivity index (χ0) is 9.84. The number of hydrogen-bond donors (Lipinski definition) is 0. The fourth-order valence-corrected chi connectivity index (χ4v) is 1.26. The highest BCUT2D eigenvalue weighted by atomic mass is 14.7. The molecule has 1 nitrogen and oxygen atoms in total. The highest BCUT2D eigenvalue weighted by Crippen LogP contribution is 2.25. The Kier molecular flexibility index (Phi) is 3.02. The van der Waals surface area contributed by atoms with Gasteiger partial charge in [0.1, 0.15) is 0 Å². The van der Waals surface area contributed by atoms with E-state index in [0.29, 0.717) is 0 Å². The number of benzene rings is 1. The third-order valence-electron chi connectivity index (χ3n) is 2.21. The normalized spacial score (nSPS) is 10.7. The molecule has 68 valence electrons. The smallest absolute Gasteiger partial charge is 0.0690 e. The number of aliphatic imine (C=N–C) groups is 1. The lowest BCUT2D eigenvalue weighted by Crippen LogP contribution is -1.85. The Labute approximate surface area is 79.8 Å². The zero-order valence-electron chi connectivity index (χ0n) is 8.46. The van der Waals surface area contributed by atoms with Crippen LogP contribution in [0.4, 0.5) is 5.69 Å². The SMILES string of the molecule is C=C/C=N\c1c(C)ccc(C)c1C. The maximum Gasteiger partial charge on any atom is 0.0690 e. The quantitative estimate of drug-likeness (QED) is 0.607. The first-order valence-corrected chi connectivity index (χ1v) is 4.38. The Hall–Kier alpha value is -1.37. The molecule has 0 atom stereocenters. The van der Waals surface area contributed by atoms with Crippen molar-refractivity contribution in [2.45, 2.75) is 20.8 Å². The molecule has 0 saturated carbocycles. The second-order valence-electron chi connectivity index (χ2n) is 3.19. The van der Waals surface area contributed by atoms with Crippen LogP contribution in [0.25, 0.3) is 0 Å². The van der Waals surface area contributed by atoms with Crippen molar-refractivity contribution in [3.63, 3.8) is 0 Å². The fourth-order valence-electron chi connectivity index (χ4n) is 1.26. The van der Waals surface area contributed by atoms with E-state index >= 15 is 0 Å². The molecule has 0 heterocycles. The van der Waals surface area contributed by atoms with Gasteiger partial charge in [-0.1, -0.05) is 24.8 Å². The molecule has 1 rings (SSSR count). The van der Waals surface area contributed by atoms with Crippen LogP contribution in [0.15, 0.2) is 29.8 Å². The van der Waals surface area contributed by atoms with E-state index in [-0.39, 0.29) is 0 Å². The van der Waals surface area contributed by atoms with Crippen molar-refractivity contribution in [3.05, 3.63) is 41.5 Å². The summed E-state index contributed by atoms with van der Waals surface area (Å²) >= 11 is 0. The van der Waals surface area contributed by atoms with Gasteiger partial charge in [-0.25, -0.2) is 0 Å². The van der Waals surface area contributed by atoms with Crippen LogP contribution < -0.4 is 0 Å². The number of aryl methyl sites for hydroxylation is 2. The van der Waals surface area contributed by atoms with Crippen LogP contribution in [0.3, 0.4) is 0 Å². The minimum absolute atomic E-state index is 1.07. The lowest BCUT2D eigenvalue weighted by Gasteiger charge is -2.06. The molecule has 0 unspecified atom stereocenters. The standard InChI is InChI=1S/C12H15N/c1-5-8-13-12-10(3)7-6-9(2)11(12)4/h5-8H,1H2,2-4H3/b13-8-. The van der Waals surface area contributed by atoms with E-state index in [4.69, 9.17) is 0 Å². The molecule has 0 bridgehead atoms. The van der Waals surface area contributed by atoms with Gasteiger partial charge in [0.15, 0.2) is 0 Å². The summed E-state index contributed by atoms with van der Waals surface area (Å²) in [5, 5.41) is 0. The topological polar surface area (TPSA) is 12.4 Å². The second kappa shape index (κ2) is 4.04. The number of rotatable bonds is 2. The number of nitrogens with zero attached hydrogens (tertiary/aromatic N) is 1. The van der Waals surface area contributed by atoms with Crippen LogP contribution in [0.5, 0.6) is 0 Å². The first-order chi connectivity index (χ1) is 6.16. The minimum atomic E-state index is 1.07. The molecule has 0 radical (unpaired) electrons. The largest absolute Gasteiger partial charge is 0.256 e. The van der Waals surface area contributed by atoms with Gasteiger partial charge in [-0.3, -0.25) is 4.99 Å². The minimum Gasteiger partial charge on any atom is -0.256 e. The van der Waals surface area contributed by atoms with Gasteiger partial charge in [0.05, 0.1) is 5.69 Å². The van der Waals surface area contributed by atoms with Gasteiger partial charge < -0.3 is 0 Å². The Morgan fingerprint density at radius 3 is 2.38 bits per heavy atom. The van der Waals surface area contributed by atoms with Gasteiger partial charge >= 0.3 is 0 Å². The van der Waals surface area contributed by atoms with Gasteiger partial charge in [0.2, 0.25) is 0 Å². The molecule has 1 aromatic rings. The molecular formula is C12H15N. The van der Waals surface area contributed by atoms with Crippen molar-refractivity contribution in [1.29, 1.82) is 0 Å². The van der Waals surface area contributed by atoms with Gasteiger partial charge in [-0.05, 0) is 37.5 Å². The summed E-state index contributed by atoms with van der Waals surface area (Å²) in [5.41, 5.74) is 4.81. The lowest BCUT2D eigenvalue weighted by molar-refractivity contribution is 1.27. The zero-order valence-corrected chi connectivity index (χ0v) is 8.46. The van der Waals surface area contributed by atoms with Crippen LogP contribution in [0.2, 0.25) is 0 Å². The molecule has 0 amide bonds. The van der Waals surface area contributed by atoms with Gasteiger partial charge in [0.25, 0.3) is 0 Å². The van der Waals surface area contributed by atoms with E-state index in [1.165, 1.54) is 16.7 Å². The average molecular weight is 173 g/mol. The summed E-state index contributed by atoms with van der Waals surface area (Å²) in [7, 11) is 0. The number of allylic oxidation sites excluding steroid dienone is 1. The summed E-state index contributed by atoms with van der Waals surface area (Å²) < 4.78 is 0. The fraction of sp³-hybridized carbons (Fsp3) is 0.250. The van der Waals surface area contributed by atoms with Crippen molar-refractivity contribution in [2.24, 2.45) is 4.99 Å². The summed E-state index contributed by atoms with van der Waals surface area (Å²) in [6, 6.07) is 4.22. The Bertz CT molecular complexity index is 348. The summed E-state index contributed by atoms with van der Waals surface area (Å²) in [6.45, 7) is 9.87. The van der Waals surface area contributed by atoms with E-state index in [0.717, 1.165) is 5.69 Å². The molecule has 1 heteroatoms. The van der Waals surface area contributed by atoms with Crippen LogP contribution in [0.1, 0.15) is 16.7 Å². The van der Waals surface area contributed by atoms with E-state index in [9.17, 15) is 0 Å². The van der Waals surface area contributed by atoms with Crippen molar-refractivity contribution < 1.29 is 0 Å². The van der Waals surface area contributed by atoms with Gasteiger partial charge in [-0.15, -0.1) is 0 Å². The highest BCUT2D eigenvalue weighted by molar-refractivity contribution is 5.75. The molecule has 0 fully saturated rings. The first-order valence-electron chi connectivity index (χ1n) is 4.38. The average Bonchev–Trinajstić information content (AvgIpc) is 2.12. The molecule has 0 N–H and O–H groups in total. The van der Waals surface area contributed by atoms with Crippen LogP contribution in [0, 0.1) is 20.8 Å². The van der Waals surface area contributed by atoms with E-state index in [1.54, 1.807) is 12.3 Å². The molecule has 0 aromatic heterocycles.